The van der Waals surface area contributed by atoms with E-state index in [9.17, 15) is 4.79 Å². The minimum Gasteiger partial charge on any atom is -0.497 e. The zero-order valence-corrected chi connectivity index (χ0v) is 18.3. The van der Waals surface area contributed by atoms with Gasteiger partial charge in [-0.1, -0.05) is 11.3 Å². The van der Waals surface area contributed by atoms with Crippen LogP contribution in [0.3, 0.4) is 0 Å². The molecule has 0 bridgehead atoms. The fraction of sp³-hybridized carbons (Fsp3) is 0.364. The van der Waals surface area contributed by atoms with E-state index in [0.29, 0.717) is 41.6 Å². The molecule has 3 rings (SSSR count). The Labute approximate surface area is 174 Å². The highest BCUT2D eigenvalue weighted by Crippen LogP contribution is 2.25. The summed E-state index contributed by atoms with van der Waals surface area (Å²) in [7, 11) is 3.09. The Balaban J connectivity index is 2.13. The topological polar surface area (TPSA) is 62.1 Å². The maximum Gasteiger partial charge on any atom is 0.283 e. The van der Waals surface area contributed by atoms with Crippen LogP contribution in [0.5, 0.6) is 11.5 Å². The molecule has 3 aromatic rings. The van der Waals surface area contributed by atoms with Crippen LogP contribution >= 0.6 is 11.3 Å². The number of nitrogens with zero attached hydrogens (tertiary/aromatic N) is 2. The van der Waals surface area contributed by atoms with Crippen LogP contribution in [0.4, 0.5) is 0 Å². The standard InChI is InChI=1S/C22H26N2O4S/c1-6-28-10-9-24-18-11-14(2)15(3)12-20(18)29-22(24)23-21(25)17-13-16(26-4)7-8-19(17)27-5/h7-8,11-13H,6,9-10H2,1-5H3. The zero-order chi connectivity index (χ0) is 21.0. The van der Waals surface area contributed by atoms with Gasteiger partial charge < -0.3 is 18.8 Å². The van der Waals surface area contributed by atoms with Crippen molar-refractivity contribution in [2.45, 2.75) is 27.3 Å². The summed E-state index contributed by atoms with van der Waals surface area (Å²) in [6, 6.07) is 9.40. The molecule has 1 aromatic heterocycles. The molecular weight excluding hydrogens is 388 g/mol. The SMILES string of the molecule is CCOCCn1c(=NC(=O)c2cc(OC)ccc2OC)sc2cc(C)c(C)cc21. The summed E-state index contributed by atoms with van der Waals surface area (Å²) in [5.41, 5.74) is 3.84. The lowest BCUT2D eigenvalue weighted by molar-refractivity contribution is 0.0993. The highest BCUT2D eigenvalue weighted by molar-refractivity contribution is 7.16. The molecule has 0 aliphatic rings. The van der Waals surface area contributed by atoms with E-state index in [-0.39, 0.29) is 5.91 Å². The van der Waals surface area contributed by atoms with Gasteiger partial charge in [0.05, 0.1) is 36.6 Å². The number of ether oxygens (including phenoxy) is 3. The van der Waals surface area contributed by atoms with E-state index in [4.69, 9.17) is 14.2 Å². The third kappa shape index (κ3) is 4.52. The molecule has 0 radical (unpaired) electrons. The Bertz CT molecular complexity index is 1100. The van der Waals surface area contributed by atoms with Gasteiger partial charge in [-0.3, -0.25) is 4.79 Å². The van der Waals surface area contributed by atoms with Gasteiger partial charge in [0.2, 0.25) is 0 Å². The van der Waals surface area contributed by atoms with Crippen molar-refractivity contribution in [1.29, 1.82) is 0 Å². The number of thiazole rings is 1. The minimum absolute atomic E-state index is 0.369. The molecule has 6 nitrogen and oxygen atoms in total. The van der Waals surface area contributed by atoms with Crippen molar-refractivity contribution < 1.29 is 19.0 Å². The summed E-state index contributed by atoms with van der Waals surface area (Å²) in [5, 5.41) is 0. The Hall–Kier alpha value is -2.64. The van der Waals surface area contributed by atoms with E-state index < -0.39 is 0 Å². The molecule has 29 heavy (non-hydrogen) atoms. The first-order chi connectivity index (χ1) is 14.0. The second kappa shape index (κ2) is 9.24. The highest BCUT2D eigenvalue weighted by Gasteiger charge is 2.15. The monoisotopic (exact) mass is 414 g/mol. The predicted octanol–water partition coefficient (Wildman–Crippen LogP) is 4.11. The maximum absolute atomic E-state index is 13.0. The number of hydrogen-bond acceptors (Lipinski definition) is 5. The average Bonchev–Trinajstić information content (AvgIpc) is 3.04. The molecule has 0 unspecified atom stereocenters. The van der Waals surface area contributed by atoms with Crippen LogP contribution in [-0.4, -0.2) is 37.9 Å². The summed E-state index contributed by atoms with van der Waals surface area (Å²) in [4.78, 5) is 18.1. The van der Waals surface area contributed by atoms with Crippen molar-refractivity contribution in [2.75, 3.05) is 27.4 Å². The normalized spacial score (nSPS) is 11.8. The van der Waals surface area contributed by atoms with Crippen molar-refractivity contribution in [3.8, 4) is 11.5 Å². The number of hydrogen-bond donors (Lipinski definition) is 0. The van der Waals surface area contributed by atoms with E-state index in [1.165, 1.54) is 29.6 Å². The third-order valence-corrected chi connectivity index (χ3v) is 5.84. The molecule has 0 atom stereocenters. The van der Waals surface area contributed by atoms with E-state index in [2.05, 4.69) is 31.0 Å². The lowest BCUT2D eigenvalue weighted by atomic mass is 10.1. The van der Waals surface area contributed by atoms with Gasteiger partial charge in [0.15, 0.2) is 4.80 Å². The van der Waals surface area contributed by atoms with Gasteiger partial charge >= 0.3 is 0 Å². The number of aromatic nitrogens is 1. The van der Waals surface area contributed by atoms with Gasteiger partial charge in [-0.05, 0) is 62.2 Å². The zero-order valence-electron chi connectivity index (χ0n) is 17.4. The number of amides is 1. The van der Waals surface area contributed by atoms with Crippen LogP contribution in [-0.2, 0) is 11.3 Å². The van der Waals surface area contributed by atoms with Crippen molar-refractivity contribution in [3.63, 3.8) is 0 Å². The molecule has 2 aromatic carbocycles. The summed E-state index contributed by atoms with van der Waals surface area (Å²) in [5.74, 6) is 0.676. The van der Waals surface area contributed by atoms with Gasteiger partial charge in [-0.25, -0.2) is 0 Å². The summed E-state index contributed by atoms with van der Waals surface area (Å²) >= 11 is 1.50. The van der Waals surface area contributed by atoms with Crippen LogP contribution in [0, 0.1) is 13.8 Å². The molecule has 0 saturated carbocycles. The van der Waals surface area contributed by atoms with Crippen molar-refractivity contribution in [1.82, 2.24) is 4.57 Å². The number of fused-ring (bicyclic) bond motifs is 1. The minimum atomic E-state index is -0.370. The lowest BCUT2D eigenvalue weighted by Gasteiger charge is -2.08. The molecule has 1 heterocycles. The molecule has 0 aliphatic carbocycles. The first-order valence-corrected chi connectivity index (χ1v) is 10.3. The van der Waals surface area contributed by atoms with Crippen molar-refractivity contribution in [3.05, 3.63) is 51.8 Å². The maximum atomic E-state index is 13.0. The van der Waals surface area contributed by atoms with E-state index >= 15 is 0 Å². The first-order valence-electron chi connectivity index (χ1n) is 9.47. The molecule has 0 N–H and O–H groups in total. The molecule has 1 amide bonds. The Morgan fingerprint density at radius 2 is 1.86 bits per heavy atom. The molecule has 154 valence electrons. The lowest BCUT2D eigenvalue weighted by Crippen LogP contribution is -2.20. The Morgan fingerprint density at radius 3 is 2.55 bits per heavy atom. The van der Waals surface area contributed by atoms with Crippen LogP contribution in [0.1, 0.15) is 28.4 Å². The van der Waals surface area contributed by atoms with E-state index in [1.807, 2.05) is 11.5 Å². The van der Waals surface area contributed by atoms with E-state index in [1.54, 1.807) is 25.3 Å². The van der Waals surface area contributed by atoms with E-state index in [0.717, 1.165) is 10.2 Å². The van der Waals surface area contributed by atoms with Crippen molar-refractivity contribution in [2.24, 2.45) is 4.99 Å². The van der Waals surface area contributed by atoms with Gasteiger partial charge in [0, 0.05) is 13.2 Å². The van der Waals surface area contributed by atoms with Crippen LogP contribution in [0.25, 0.3) is 10.2 Å². The number of carbonyl (C=O) groups is 1. The van der Waals surface area contributed by atoms with Gasteiger partial charge in [0.1, 0.15) is 11.5 Å². The largest absolute Gasteiger partial charge is 0.497 e. The summed E-state index contributed by atoms with van der Waals surface area (Å²) in [6.45, 7) is 7.96. The number of rotatable bonds is 7. The molecule has 0 spiro atoms. The fourth-order valence-corrected chi connectivity index (χ4v) is 4.19. The third-order valence-electron chi connectivity index (χ3n) is 4.80. The van der Waals surface area contributed by atoms with Gasteiger partial charge in [0.25, 0.3) is 5.91 Å². The quantitative estimate of drug-likeness (QED) is 0.546. The van der Waals surface area contributed by atoms with Crippen LogP contribution in [0.2, 0.25) is 0 Å². The van der Waals surface area contributed by atoms with Crippen molar-refractivity contribution >= 4 is 27.5 Å². The molecular formula is C22H26N2O4S. The number of methoxy groups -OCH3 is 2. The summed E-state index contributed by atoms with van der Waals surface area (Å²) < 4.78 is 19.3. The fourth-order valence-electron chi connectivity index (χ4n) is 3.05. The second-order valence-electron chi connectivity index (χ2n) is 6.62. The second-order valence-corrected chi connectivity index (χ2v) is 7.63. The molecule has 0 saturated heterocycles. The Morgan fingerprint density at radius 1 is 1.10 bits per heavy atom. The molecule has 7 heteroatoms. The summed E-state index contributed by atoms with van der Waals surface area (Å²) in [6.07, 6.45) is 0. The molecule has 0 fully saturated rings. The van der Waals surface area contributed by atoms with Gasteiger partial charge in [-0.15, -0.1) is 0 Å². The molecule has 0 aliphatic heterocycles. The van der Waals surface area contributed by atoms with Crippen LogP contribution in [0.15, 0.2) is 35.3 Å². The smallest absolute Gasteiger partial charge is 0.283 e. The average molecular weight is 415 g/mol. The number of benzene rings is 2. The highest BCUT2D eigenvalue weighted by atomic mass is 32.1. The number of carbonyl (C=O) groups excluding carboxylic acids is 1. The van der Waals surface area contributed by atoms with Crippen LogP contribution < -0.4 is 14.3 Å². The van der Waals surface area contributed by atoms with Gasteiger partial charge in [-0.2, -0.15) is 4.99 Å². The first kappa shape index (κ1) is 21.1. The number of aryl methyl sites for hydroxylation is 2. The predicted molar refractivity (Wildman–Crippen MR) is 115 cm³/mol. The Kier molecular flexibility index (Phi) is 6.71.